The van der Waals surface area contributed by atoms with E-state index in [9.17, 15) is 18.0 Å². The topological polar surface area (TPSA) is 118 Å². The van der Waals surface area contributed by atoms with Gasteiger partial charge in [-0.25, -0.2) is 23.1 Å². The third-order valence-electron chi connectivity index (χ3n) is 5.18. The molecule has 0 aliphatic carbocycles. The van der Waals surface area contributed by atoms with Crippen molar-refractivity contribution in [3.05, 3.63) is 60.2 Å². The van der Waals surface area contributed by atoms with E-state index in [4.69, 9.17) is 0 Å². The summed E-state index contributed by atoms with van der Waals surface area (Å²) < 4.78 is 26.5. The Balaban J connectivity index is 1.59. The van der Waals surface area contributed by atoms with Crippen molar-refractivity contribution in [3.8, 4) is 17.1 Å². The van der Waals surface area contributed by atoms with E-state index in [1.54, 1.807) is 15.8 Å². The lowest BCUT2D eigenvalue weighted by Crippen LogP contribution is -2.50. The third kappa shape index (κ3) is 4.73. The van der Waals surface area contributed by atoms with Gasteiger partial charge >= 0.3 is 0 Å². The monoisotopic (exact) mass is 454 g/mol. The number of hydrogen-bond donors (Lipinski definition) is 0. The van der Waals surface area contributed by atoms with Crippen molar-refractivity contribution >= 4 is 22.2 Å². The molecule has 1 amide bonds. The van der Waals surface area contributed by atoms with Gasteiger partial charge in [-0.05, 0) is 36.4 Å². The zero-order chi connectivity index (χ0) is 22.7. The number of amides is 1. The SMILES string of the molecule is CS(=O)(=O)N1CCN(C(=O)c2cc(CC=O)nc(-c3ccc(-n4cccn4)cc3)n2)CC1. The first kappa shape index (κ1) is 21.8. The molecule has 1 fully saturated rings. The fourth-order valence-electron chi connectivity index (χ4n) is 3.50. The molecule has 0 spiro atoms. The fraction of sp³-hybridized carbons (Fsp3) is 0.286. The van der Waals surface area contributed by atoms with Crippen LogP contribution in [0, 0.1) is 0 Å². The van der Waals surface area contributed by atoms with Crippen LogP contribution < -0.4 is 0 Å². The molecule has 0 unspecified atom stereocenters. The van der Waals surface area contributed by atoms with Crippen LogP contribution in [0.25, 0.3) is 17.1 Å². The maximum Gasteiger partial charge on any atom is 0.272 e. The van der Waals surface area contributed by atoms with E-state index in [1.165, 1.54) is 10.4 Å². The van der Waals surface area contributed by atoms with Gasteiger partial charge in [0.2, 0.25) is 10.0 Å². The van der Waals surface area contributed by atoms with Gasteiger partial charge in [0.25, 0.3) is 5.91 Å². The average Bonchev–Trinajstić information content (AvgIpc) is 3.33. The molecule has 3 heterocycles. The molecule has 0 saturated carbocycles. The largest absolute Gasteiger partial charge is 0.335 e. The van der Waals surface area contributed by atoms with Crippen LogP contribution in [0.5, 0.6) is 0 Å². The predicted octanol–water partition coefficient (Wildman–Crippen LogP) is 0.788. The van der Waals surface area contributed by atoms with Crippen molar-refractivity contribution < 1.29 is 18.0 Å². The zero-order valence-corrected chi connectivity index (χ0v) is 18.3. The highest BCUT2D eigenvalue weighted by atomic mass is 32.2. The summed E-state index contributed by atoms with van der Waals surface area (Å²) in [7, 11) is -3.29. The summed E-state index contributed by atoms with van der Waals surface area (Å²) in [5.41, 5.74) is 2.18. The summed E-state index contributed by atoms with van der Waals surface area (Å²) in [6.07, 6.45) is 5.46. The van der Waals surface area contributed by atoms with Crippen LogP contribution in [0.1, 0.15) is 16.2 Å². The second-order valence-electron chi connectivity index (χ2n) is 7.39. The second-order valence-corrected chi connectivity index (χ2v) is 9.37. The van der Waals surface area contributed by atoms with Gasteiger partial charge in [-0.1, -0.05) is 0 Å². The number of carbonyl (C=O) groups excluding carboxylic acids is 2. The van der Waals surface area contributed by atoms with E-state index in [1.807, 2.05) is 36.5 Å². The van der Waals surface area contributed by atoms with Crippen LogP contribution in [0.3, 0.4) is 0 Å². The first-order valence-electron chi connectivity index (χ1n) is 10.0. The highest BCUT2D eigenvalue weighted by molar-refractivity contribution is 7.88. The lowest BCUT2D eigenvalue weighted by molar-refractivity contribution is -0.107. The second kappa shape index (κ2) is 8.97. The Hall–Kier alpha value is -3.44. The minimum absolute atomic E-state index is 0.0586. The summed E-state index contributed by atoms with van der Waals surface area (Å²) in [5.74, 6) is 0.0246. The summed E-state index contributed by atoms with van der Waals surface area (Å²) >= 11 is 0. The van der Waals surface area contributed by atoms with Gasteiger partial charge in [0.1, 0.15) is 12.0 Å². The summed E-state index contributed by atoms with van der Waals surface area (Å²) in [4.78, 5) is 34.6. The highest BCUT2D eigenvalue weighted by Crippen LogP contribution is 2.20. The number of sulfonamides is 1. The third-order valence-corrected chi connectivity index (χ3v) is 6.48. The van der Waals surface area contributed by atoms with Gasteiger partial charge in [0, 0.05) is 50.6 Å². The smallest absolute Gasteiger partial charge is 0.272 e. The molecule has 0 radical (unpaired) electrons. The number of hydrogen-bond acceptors (Lipinski definition) is 7. The first-order valence-corrected chi connectivity index (χ1v) is 11.9. The molecule has 10 nitrogen and oxygen atoms in total. The fourth-order valence-corrected chi connectivity index (χ4v) is 4.32. The number of piperazine rings is 1. The molecule has 0 atom stereocenters. The van der Waals surface area contributed by atoms with Crippen molar-refractivity contribution in [1.82, 2.24) is 29.0 Å². The van der Waals surface area contributed by atoms with Crippen LogP contribution in [0.15, 0.2) is 48.8 Å². The number of benzene rings is 1. The molecule has 1 aliphatic heterocycles. The minimum atomic E-state index is -3.29. The number of rotatable bonds is 6. The van der Waals surface area contributed by atoms with E-state index >= 15 is 0 Å². The number of carbonyl (C=O) groups is 2. The molecule has 4 rings (SSSR count). The molecular weight excluding hydrogens is 432 g/mol. The Morgan fingerprint density at radius 1 is 1.09 bits per heavy atom. The molecule has 11 heteroatoms. The van der Waals surface area contributed by atoms with Crippen molar-refractivity contribution in [2.75, 3.05) is 32.4 Å². The Labute approximate surface area is 185 Å². The lowest BCUT2D eigenvalue weighted by atomic mass is 10.1. The van der Waals surface area contributed by atoms with Crippen LogP contribution in [-0.2, 0) is 21.2 Å². The zero-order valence-electron chi connectivity index (χ0n) is 17.5. The number of aromatic nitrogens is 4. The van der Waals surface area contributed by atoms with E-state index in [2.05, 4.69) is 15.1 Å². The van der Waals surface area contributed by atoms with Crippen LogP contribution >= 0.6 is 0 Å². The van der Waals surface area contributed by atoms with E-state index in [0.29, 0.717) is 17.1 Å². The Kier molecular flexibility index (Phi) is 6.10. The Bertz CT molecular complexity index is 1220. The van der Waals surface area contributed by atoms with E-state index in [-0.39, 0.29) is 44.2 Å². The quantitative estimate of drug-likeness (QED) is 0.505. The van der Waals surface area contributed by atoms with Crippen LogP contribution in [0.2, 0.25) is 0 Å². The molecule has 0 N–H and O–H groups in total. The van der Waals surface area contributed by atoms with Crippen LogP contribution in [-0.4, -0.2) is 82.0 Å². The predicted molar refractivity (Wildman–Crippen MR) is 117 cm³/mol. The van der Waals surface area contributed by atoms with E-state index in [0.717, 1.165) is 18.2 Å². The molecule has 1 saturated heterocycles. The molecular formula is C21H22N6O4S. The summed E-state index contributed by atoms with van der Waals surface area (Å²) in [6.45, 7) is 1.01. The molecule has 3 aromatic rings. The minimum Gasteiger partial charge on any atom is -0.335 e. The van der Waals surface area contributed by atoms with Crippen molar-refractivity contribution in [3.63, 3.8) is 0 Å². The number of aldehydes is 1. The molecule has 166 valence electrons. The summed E-state index contributed by atoms with van der Waals surface area (Å²) in [5, 5.41) is 4.19. The van der Waals surface area contributed by atoms with E-state index < -0.39 is 10.0 Å². The normalized spacial score (nSPS) is 15.0. The van der Waals surface area contributed by atoms with Crippen molar-refractivity contribution in [1.29, 1.82) is 0 Å². The first-order chi connectivity index (χ1) is 15.3. The lowest BCUT2D eigenvalue weighted by Gasteiger charge is -2.33. The molecule has 1 aromatic carbocycles. The molecule has 1 aliphatic rings. The van der Waals surface area contributed by atoms with Gasteiger partial charge in [-0.15, -0.1) is 0 Å². The van der Waals surface area contributed by atoms with Gasteiger partial charge < -0.3 is 9.69 Å². The maximum absolute atomic E-state index is 13.1. The maximum atomic E-state index is 13.1. The number of nitrogens with zero attached hydrogens (tertiary/aromatic N) is 6. The van der Waals surface area contributed by atoms with Gasteiger partial charge in [-0.3, -0.25) is 4.79 Å². The van der Waals surface area contributed by atoms with Gasteiger partial charge in [-0.2, -0.15) is 9.40 Å². The van der Waals surface area contributed by atoms with Crippen molar-refractivity contribution in [2.24, 2.45) is 0 Å². The highest BCUT2D eigenvalue weighted by Gasteiger charge is 2.27. The molecule has 0 bridgehead atoms. The summed E-state index contributed by atoms with van der Waals surface area (Å²) in [6, 6.07) is 10.7. The van der Waals surface area contributed by atoms with Gasteiger partial charge in [0.05, 0.1) is 17.6 Å². The van der Waals surface area contributed by atoms with Gasteiger partial charge in [0.15, 0.2) is 5.82 Å². The van der Waals surface area contributed by atoms with Crippen molar-refractivity contribution in [2.45, 2.75) is 6.42 Å². The Morgan fingerprint density at radius 3 is 2.41 bits per heavy atom. The standard InChI is InChI=1S/C21H22N6O4S/c1-32(30,31)26-12-10-25(11-13-26)21(29)19-15-17(7-14-28)23-20(24-19)16-3-5-18(6-4-16)27-9-2-8-22-27/h2-6,8-9,14-15H,7,10-13H2,1H3. The Morgan fingerprint density at radius 2 is 1.81 bits per heavy atom. The average molecular weight is 455 g/mol. The molecule has 2 aromatic heterocycles. The van der Waals surface area contributed by atoms with Crippen LogP contribution in [0.4, 0.5) is 0 Å². The molecule has 32 heavy (non-hydrogen) atoms.